The summed E-state index contributed by atoms with van der Waals surface area (Å²) in [5.74, 6) is 0.765. The summed E-state index contributed by atoms with van der Waals surface area (Å²) in [4.78, 5) is 14.7. The third-order valence-corrected chi connectivity index (χ3v) is 5.84. The first-order chi connectivity index (χ1) is 12.0. The molecule has 0 radical (unpaired) electrons. The second-order valence-electron chi connectivity index (χ2n) is 8.28. The van der Waals surface area contributed by atoms with Crippen molar-refractivity contribution < 1.29 is 4.79 Å². The normalized spacial score (nSPS) is 25.6. The van der Waals surface area contributed by atoms with E-state index in [0.29, 0.717) is 37.0 Å². The third-order valence-electron chi connectivity index (χ3n) is 5.84. The van der Waals surface area contributed by atoms with Gasteiger partial charge in [-0.2, -0.15) is 0 Å². The molecule has 2 aliphatic rings. The van der Waals surface area contributed by atoms with Crippen LogP contribution in [0.3, 0.4) is 0 Å². The molecule has 2 heterocycles. The zero-order chi connectivity index (χ0) is 17.8. The van der Waals surface area contributed by atoms with E-state index < -0.39 is 0 Å². The number of hydrogen-bond acceptors (Lipinski definition) is 3. The first-order valence-electron chi connectivity index (χ1n) is 9.80. The number of amides is 1. The van der Waals surface area contributed by atoms with Crippen LogP contribution >= 0.6 is 0 Å². The summed E-state index contributed by atoms with van der Waals surface area (Å²) in [5.41, 5.74) is 2.49. The summed E-state index contributed by atoms with van der Waals surface area (Å²) in [5, 5.41) is 6.77. The van der Waals surface area contributed by atoms with Gasteiger partial charge < -0.3 is 10.6 Å². The van der Waals surface area contributed by atoms with Gasteiger partial charge in [0.2, 0.25) is 5.91 Å². The topological polar surface area (TPSA) is 44.4 Å². The van der Waals surface area contributed by atoms with Gasteiger partial charge in [-0.3, -0.25) is 9.69 Å². The highest BCUT2D eigenvalue weighted by Crippen LogP contribution is 2.32. The summed E-state index contributed by atoms with van der Waals surface area (Å²) >= 11 is 0. The Morgan fingerprint density at radius 2 is 1.92 bits per heavy atom. The van der Waals surface area contributed by atoms with E-state index >= 15 is 0 Å². The van der Waals surface area contributed by atoms with Crippen molar-refractivity contribution in [2.75, 3.05) is 7.05 Å². The number of carbonyl (C=O) groups excluding carboxylic acids is 1. The average Bonchev–Trinajstić information content (AvgIpc) is 2.92. The molecule has 0 aliphatic carbocycles. The second-order valence-corrected chi connectivity index (χ2v) is 8.28. The highest BCUT2D eigenvalue weighted by molar-refractivity contribution is 5.76. The largest absolute Gasteiger partial charge is 0.352 e. The molecule has 2 N–H and O–H groups in total. The lowest BCUT2D eigenvalue weighted by molar-refractivity contribution is -0.122. The predicted molar refractivity (Wildman–Crippen MR) is 102 cm³/mol. The quantitative estimate of drug-likeness (QED) is 0.800. The molecular formula is C21H33N3O. The summed E-state index contributed by atoms with van der Waals surface area (Å²) in [6.45, 7) is 5.99. The molecular weight excluding hydrogens is 310 g/mol. The number of nitrogens with zero attached hydrogens (tertiary/aromatic N) is 1. The maximum atomic E-state index is 12.3. The van der Waals surface area contributed by atoms with Gasteiger partial charge in [-0.05, 0) is 63.6 Å². The van der Waals surface area contributed by atoms with Crippen molar-refractivity contribution in [2.45, 2.75) is 77.2 Å². The van der Waals surface area contributed by atoms with E-state index in [1.165, 1.54) is 36.8 Å². The fraction of sp³-hybridized carbons (Fsp3) is 0.667. The van der Waals surface area contributed by atoms with Gasteiger partial charge >= 0.3 is 0 Å². The lowest BCUT2D eigenvalue weighted by atomic mass is 9.89. The Hall–Kier alpha value is -1.39. The van der Waals surface area contributed by atoms with Gasteiger partial charge in [0.05, 0.1) is 0 Å². The molecule has 0 spiro atoms. The van der Waals surface area contributed by atoms with Gasteiger partial charge in [0.15, 0.2) is 0 Å². The summed E-state index contributed by atoms with van der Waals surface area (Å²) in [6.07, 6.45) is 5.60. The molecule has 3 rings (SSSR count). The highest BCUT2D eigenvalue weighted by Gasteiger charge is 2.34. The van der Waals surface area contributed by atoms with Crippen LogP contribution in [0.15, 0.2) is 24.3 Å². The number of carbonyl (C=O) groups is 1. The standard InChI is InChI=1S/C21H33N3O/c1-15(2)24(3)14-17-6-4-5-16(9-17)13-22-21(25)12-18-10-19-7-8-20(11-18)23-19/h4-6,9,15,18-20,23H,7-8,10-14H2,1-3H3,(H,22,25). The average molecular weight is 344 g/mol. The molecule has 0 aromatic heterocycles. The Bertz CT molecular complexity index is 574. The van der Waals surface area contributed by atoms with E-state index in [2.05, 4.69) is 60.7 Å². The molecule has 1 amide bonds. The number of fused-ring (bicyclic) bond motifs is 2. The van der Waals surface area contributed by atoms with Crippen LogP contribution in [0, 0.1) is 5.92 Å². The predicted octanol–water partition coefficient (Wildman–Crippen LogP) is 3.06. The van der Waals surface area contributed by atoms with Gasteiger partial charge in [-0.15, -0.1) is 0 Å². The molecule has 25 heavy (non-hydrogen) atoms. The molecule has 138 valence electrons. The zero-order valence-electron chi connectivity index (χ0n) is 15.9. The van der Waals surface area contributed by atoms with E-state index in [-0.39, 0.29) is 5.91 Å². The minimum Gasteiger partial charge on any atom is -0.352 e. The van der Waals surface area contributed by atoms with Gasteiger partial charge in [0.1, 0.15) is 0 Å². The lowest BCUT2D eigenvalue weighted by Gasteiger charge is -2.28. The fourth-order valence-electron chi connectivity index (χ4n) is 4.19. The van der Waals surface area contributed by atoms with Crippen molar-refractivity contribution >= 4 is 5.91 Å². The van der Waals surface area contributed by atoms with Gasteiger partial charge in [-0.25, -0.2) is 0 Å². The number of nitrogens with one attached hydrogen (secondary N) is 2. The molecule has 2 atom stereocenters. The molecule has 1 aromatic rings. The van der Waals surface area contributed by atoms with Crippen molar-refractivity contribution in [1.82, 2.24) is 15.5 Å². The summed E-state index contributed by atoms with van der Waals surface area (Å²) < 4.78 is 0. The number of hydrogen-bond donors (Lipinski definition) is 2. The molecule has 2 aliphatic heterocycles. The van der Waals surface area contributed by atoms with Crippen LogP contribution in [0.1, 0.15) is 57.1 Å². The van der Waals surface area contributed by atoms with Gasteiger partial charge in [0.25, 0.3) is 0 Å². The highest BCUT2D eigenvalue weighted by atomic mass is 16.1. The van der Waals surface area contributed by atoms with Crippen molar-refractivity contribution in [3.63, 3.8) is 0 Å². The Balaban J connectivity index is 1.45. The van der Waals surface area contributed by atoms with Crippen LogP contribution in [-0.2, 0) is 17.9 Å². The Labute approximate surface area is 152 Å². The van der Waals surface area contributed by atoms with Crippen LogP contribution in [0.5, 0.6) is 0 Å². The first-order valence-corrected chi connectivity index (χ1v) is 9.80. The molecule has 0 saturated carbocycles. The van der Waals surface area contributed by atoms with Crippen LogP contribution in [-0.4, -0.2) is 36.0 Å². The lowest BCUT2D eigenvalue weighted by Crippen LogP contribution is -2.39. The fourth-order valence-corrected chi connectivity index (χ4v) is 4.19. The van der Waals surface area contributed by atoms with E-state index in [9.17, 15) is 4.79 Å². The SMILES string of the molecule is CC(C)N(C)Cc1cccc(CNC(=O)CC2CC3CCC(C2)N3)c1. The number of piperidine rings is 1. The van der Waals surface area contributed by atoms with E-state index in [1.54, 1.807) is 0 Å². The molecule has 2 unspecified atom stereocenters. The number of rotatable bonds is 7. The van der Waals surface area contributed by atoms with Crippen LogP contribution < -0.4 is 10.6 Å². The van der Waals surface area contributed by atoms with Crippen LogP contribution in [0.25, 0.3) is 0 Å². The maximum absolute atomic E-state index is 12.3. The minimum absolute atomic E-state index is 0.205. The van der Waals surface area contributed by atoms with Crippen molar-refractivity contribution in [2.24, 2.45) is 5.92 Å². The Kier molecular flexibility index (Phi) is 6.13. The monoisotopic (exact) mass is 343 g/mol. The van der Waals surface area contributed by atoms with Crippen LogP contribution in [0.4, 0.5) is 0 Å². The Morgan fingerprint density at radius 1 is 1.24 bits per heavy atom. The van der Waals surface area contributed by atoms with Gasteiger partial charge in [-0.1, -0.05) is 24.3 Å². The smallest absolute Gasteiger partial charge is 0.220 e. The molecule has 4 nitrogen and oxygen atoms in total. The third kappa shape index (κ3) is 5.29. The molecule has 2 fully saturated rings. The second kappa shape index (κ2) is 8.33. The molecule has 4 heteroatoms. The van der Waals surface area contributed by atoms with Crippen molar-refractivity contribution in [1.29, 1.82) is 0 Å². The zero-order valence-corrected chi connectivity index (χ0v) is 15.9. The maximum Gasteiger partial charge on any atom is 0.220 e. The minimum atomic E-state index is 0.205. The molecule has 1 aromatic carbocycles. The van der Waals surface area contributed by atoms with E-state index in [4.69, 9.17) is 0 Å². The van der Waals surface area contributed by atoms with Crippen LogP contribution in [0.2, 0.25) is 0 Å². The number of benzene rings is 1. The molecule has 2 saturated heterocycles. The summed E-state index contributed by atoms with van der Waals surface area (Å²) in [6, 6.07) is 10.4. The molecule has 2 bridgehead atoms. The van der Waals surface area contributed by atoms with Gasteiger partial charge in [0, 0.05) is 37.6 Å². The first kappa shape index (κ1) is 18.4. The summed E-state index contributed by atoms with van der Waals surface area (Å²) in [7, 11) is 2.14. The van der Waals surface area contributed by atoms with E-state index in [1.807, 2.05) is 0 Å². The van der Waals surface area contributed by atoms with Crippen molar-refractivity contribution in [3.05, 3.63) is 35.4 Å². The van der Waals surface area contributed by atoms with Crippen molar-refractivity contribution in [3.8, 4) is 0 Å². The Morgan fingerprint density at radius 3 is 2.60 bits per heavy atom. The van der Waals surface area contributed by atoms with E-state index in [0.717, 1.165) is 6.54 Å².